The third kappa shape index (κ3) is 8.06. The molecule has 1 aromatic rings. The number of primary amides is 1. The Bertz CT molecular complexity index is 1230. The number of aliphatic hydroxyl groups is 2. The minimum atomic E-state index is -1.43. The second kappa shape index (κ2) is 13.9. The number of carbonyl (C=O) groups excluding carboxylic acids is 5. The van der Waals surface area contributed by atoms with Gasteiger partial charge in [0.15, 0.2) is 0 Å². The maximum absolute atomic E-state index is 14.3. The Kier molecular flexibility index (Phi) is 11.0. The first-order valence-corrected chi connectivity index (χ1v) is 15.1. The van der Waals surface area contributed by atoms with Crippen molar-refractivity contribution in [1.82, 2.24) is 20.4 Å². The number of nitrogens with two attached hydrogens (primary N) is 1. The number of aliphatic hydroxyl groups excluding tert-OH is 2. The van der Waals surface area contributed by atoms with Gasteiger partial charge in [-0.3, -0.25) is 19.2 Å². The highest BCUT2D eigenvalue weighted by Gasteiger charge is 2.53. The summed E-state index contributed by atoms with van der Waals surface area (Å²) >= 11 is 0. The zero-order valence-corrected chi connectivity index (χ0v) is 26.5. The van der Waals surface area contributed by atoms with Crippen LogP contribution in [-0.4, -0.2) is 104 Å². The van der Waals surface area contributed by atoms with Gasteiger partial charge in [-0.05, 0) is 72.8 Å². The number of hydrogen-bond donors (Lipinski definition) is 5. The molecule has 0 radical (unpaired) electrons. The molecule has 0 spiro atoms. The molecule has 3 rings (SSSR count). The molecular formula is C31H47N5O8. The smallest absolute Gasteiger partial charge is 0.408 e. The van der Waals surface area contributed by atoms with Gasteiger partial charge in [0, 0.05) is 19.5 Å². The maximum Gasteiger partial charge on any atom is 0.408 e. The molecule has 1 aromatic carbocycles. The van der Waals surface area contributed by atoms with Gasteiger partial charge in [-0.2, -0.15) is 0 Å². The molecule has 2 saturated heterocycles. The maximum atomic E-state index is 14.3. The van der Waals surface area contributed by atoms with Crippen molar-refractivity contribution >= 4 is 29.7 Å². The molecule has 5 amide bonds. The van der Waals surface area contributed by atoms with E-state index in [1.165, 1.54) is 23.6 Å². The van der Waals surface area contributed by atoms with E-state index in [1.807, 2.05) is 31.2 Å². The largest absolute Gasteiger partial charge is 0.444 e. The van der Waals surface area contributed by atoms with Gasteiger partial charge >= 0.3 is 6.09 Å². The summed E-state index contributed by atoms with van der Waals surface area (Å²) in [6, 6.07) is 3.85. The fourth-order valence-electron chi connectivity index (χ4n) is 5.92. The summed E-state index contributed by atoms with van der Waals surface area (Å²) in [7, 11) is 0. The number of rotatable bonds is 10. The molecule has 6 atom stereocenters. The van der Waals surface area contributed by atoms with Crippen LogP contribution in [0.1, 0.15) is 71.4 Å². The van der Waals surface area contributed by atoms with E-state index in [4.69, 9.17) is 10.5 Å². The Morgan fingerprint density at radius 2 is 1.61 bits per heavy atom. The summed E-state index contributed by atoms with van der Waals surface area (Å²) < 4.78 is 5.27. The molecule has 13 nitrogen and oxygen atoms in total. The van der Waals surface area contributed by atoms with Gasteiger partial charge in [-0.25, -0.2) is 4.79 Å². The number of likely N-dealkylation sites (tertiary alicyclic amines) is 2. The van der Waals surface area contributed by atoms with Crippen LogP contribution >= 0.6 is 0 Å². The van der Waals surface area contributed by atoms with Gasteiger partial charge < -0.3 is 41.1 Å². The Morgan fingerprint density at radius 1 is 1.00 bits per heavy atom. The molecule has 6 N–H and O–H groups in total. The highest BCUT2D eigenvalue weighted by Crippen LogP contribution is 2.36. The number of carbonyl (C=O) groups is 5. The lowest BCUT2D eigenvalue weighted by Crippen LogP contribution is -2.65. The third-order valence-corrected chi connectivity index (χ3v) is 8.11. The van der Waals surface area contributed by atoms with E-state index >= 15 is 0 Å². The summed E-state index contributed by atoms with van der Waals surface area (Å²) in [4.78, 5) is 69.4. The van der Waals surface area contributed by atoms with Gasteiger partial charge in [-0.1, -0.05) is 29.8 Å². The van der Waals surface area contributed by atoms with Crippen LogP contribution in [0.25, 0.3) is 0 Å². The lowest BCUT2D eigenvalue weighted by atomic mass is 9.85. The Balaban J connectivity index is 1.94. The van der Waals surface area contributed by atoms with E-state index in [0.717, 1.165) is 11.1 Å². The molecule has 0 aromatic heterocycles. The number of nitrogens with one attached hydrogen (secondary N) is 2. The zero-order valence-electron chi connectivity index (χ0n) is 26.5. The van der Waals surface area contributed by atoms with Crippen molar-refractivity contribution in [1.29, 1.82) is 0 Å². The number of nitrogens with zero attached hydrogens (tertiary/aromatic N) is 2. The van der Waals surface area contributed by atoms with Crippen molar-refractivity contribution in [2.24, 2.45) is 5.73 Å². The van der Waals surface area contributed by atoms with Crippen molar-refractivity contribution in [2.75, 3.05) is 13.1 Å². The van der Waals surface area contributed by atoms with E-state index in [0.29, 0.717) is 19.3 Å². The molecule has 0 bridgehead atoms. The molecule has 13 heteroatoms. The van der Waals surface area contributed by atoms with Crippen LogP contribution < -0.4 is 16.4 Å². The predicted molar refractivity (Wildman–Crippen MR) is 161 cm³/mol. The highest BCUT2D eigenvalue weighted by atomic mass is 16.6. The average molecular weight is 618 g/mol. The van der Waals surface area contributed by atoms with E-state index < -0.39 is 71.2 Å². The first kappa shape index (κ1) is 34.8. The highest BCUT2D eigenvalue weighted by molar-refractivity contribution is 5.98. The van der Waals surface area contributed by atoms with Crippen LogP contribution in [0.2, 0.25) is 0 Å². The summed E-state index contributed by atoms with van der Waals surface area (Å²) in [6.07, 6.45) is -1.72. The van der Waals surface area contributed by atoms with Crippen LogP contribution in [-0.2, 0) is 30.3 Å². The second-order valence-electron chi connectivity index (χ2n) is 12.9. The molecule has 244 valence electrons. The molecule has 1 unspecified atom stereocenters. The minimum absolute atomic E-state index is 0.132. The van der Waals surface area contributed by atoms with E-state index in [1.54, 1.807) is 20.8 Å². The van der Waals surface area contributed by atoms with Crippen LogP contribution in [0.15, 0.2) is 24.3 Å². The van der Waals surface area contributed by atoms with Crippen molar-refractivity contribution in [2.45, 2.75) is 115 Å². The topological polar surface area (TPSA) is 192 Å². The molecule has 2 heterocycles. The number of aryl methyl sites for hydroxylation is 1. The number of amides is 5. The Morgan fingerprint density at radius 3 is 2.16 bits per heavy atom. The molecule has 2 aliphatic rings. The zero-order chi connectivity index (χ0) is 33.0. The van der Waals surface area contributed by atoms with E-state index in [9.17, 15) is 34.2 Å². The average Bonchev–Trinajstić information content (AvgIpc) is 3.57. The van der Waals surface area contributed by atoms with Gasteiger partial charge in [0.1, 0.15) is 29.3 Å². The summed E-state index contributed by atoms with van der Waals surface area (Å²) in [5.74, 6) is -2.64. The standard InChI is InChI=1S/C31H47N5O8/c1-18-10-12-21(13-11-18)17-31(28(42)33-23(19(2)37)25(32)39)14-8-16-36(31)26(40)22-9-7-15-35(22)27(41)24(20(3)38)34-29(43)44-30(4,5)6/h10-13,19-20,22-24,37-38H,7-9,14-17H2,1-6H3,(H2,32,39)(H,33,42)(H,34,43)/t19-,20-,22+,23+,24+,31?/m1/s1. The van der Waals surface area contributed by atoms with Crippen LogP contribution in [0.3, 0.4) is 0 Å². The Labute approximate surface area is 258 Å². The van der Waals surface area contributed by atoms with Crippen LogP contribution in [0.5, 0.6) is 0 Å². The second-order valence-corrected chi connectivity index (χ2v) is 12.9. The molecule has 44 heavy (non-hydrogen) atoms. The summed E-state index contributed by atoms with van der Waals surface area (Å²) in [5.41, 5.74) is 5.01. The normalized spacial score (nSPS) is 23.0. The van der Waals surface area contributed by atoms with Crippen molar-refractivity contribution in [3.8, 4) is 0 Å². The van der Waals surface area contributed by atoms with Gasteiger partial charge in [-0.15, -0.1) is 0 Å². The fraction of sp³-hybridized carbons (Fsp3) is 0.645. The number of ether oxygens (including phenoxy) is 1. The number of alkyl carbamates (subject to hydrolysis) is 1. The SMILES string of the molecule is Cc1ccc(CC2(C(=O)N[C@H](C(N)=O)[C@@H](C)O)CCCN2C(=O)[C@@H]2CCCN2C(=O)[C@@H](NC(=O)OC(C)(C)C)[C@@H](C)O)cc1. The quantitative estimate of drug-likeness (QED) is 0.251. The first-order valence-electron chi connectivity index (χ1n) is 15.1. The molecular weight excluding hydrogens is 570 g/mol. The van der Waals surface area contributed by atoms with Crippen molar-refractivity contribution in [3.05, 3.63) is 35.4 Å². The molecule has 0 aliphatic carbocycles. The van der Waals surface area contributed by atoms with Gasteiger partial charge in [0.05, 0.1) is 12.2 Å². The van der Waals surface area contributed by atoms with Gasteiger partial charge in [0.2, 0.25) is 23.6 Å². The molecule has 2 aliphatic heterocycles. The number of benzene rings is 1. The fourth-order valence-corrected chi connectivity index (χ4v) is 5.92. The lowest BCUT2D eigenvalue weighted by molar-refractivity contribution is -0.153. The predicted octanol–water partition coefficient (Wildman–Crippen LogP) is 0.515. The molecule has 0 saturated carbocycles. The van der Waals surface area contributed by atoms with E-state index in [2.05, 4.69) is 10.6 Å². The third-order valence-electron chi connectivity index (χ3n) is 8.11. The first-order chi connectivity index (χ1) is 20.5. The molecule has 2 fully saturated rings. The van der Waals surface area contributed by atoms with Crippen LogP contribution in [0.4, 0.5) is 4.79 Å². The Hall–Kier alpha value is -3.71. The van der Waals surface area contributed by atoms with Crippen LogP contribution in [0, 0.1) is 6.92 Å². The van der Waals surface area contributed by atoms with Crippen molar-refractivity contribution < 1.29 is 38.9 Å². The summed E-state index contributed by atoms with van der Waals surface area (Å²) in [5, 5.41) is 25.6. The lowest BCUT2D eigenvalue weighted by Gasteiger charge is -2.41. The summed E-state index contributed by atoms with van der Waals surface area (Å²) in [6.45, 7) is 10.1. The van der Waals surface area contributed by atoms with E-state index in [-0.39, 0.29) is 25.9 Å². The minimum Gasteiger partial charge on any atom is -0.444 e. The number of hydrogen-bond acceptors (Lipinski definition) is 8. The monoisotopic (exact) mass is 617 g/mol. The van der Waals surface area contributed by atoms with Gasteiger partial charge in [0.25, 0.3) is 0 Å². The van der Waals surface area contributed by atoms with Crippen molar-refractivity contribution in [3.63, 3.8) is 0 Å².